The Labute approximate surface area is 195 Å². The highest BCUT2D eigenvalue weighted by molar-refractivity contribution is 9.11. The van der Waals surface area contributed by atoms with Crippen molar-refractivity contribution in [1.82, 2.24) is 5.01 Å². The van der Waals surface area contributed by atoms with Crippen LogP contribution in [0.2, 0.25) is 0 Å². The van der Waals surface area contributed by atoms with Crippen LogP contribution in [0.25, 0.3) is 0 Å². The Bertz CT molecular complexity index is 1150. The van der Waals surface area contributed by atoms with E-state index in [4.69, 9.17) is 19.3 Å². The summed E-state index contributed by atoms with van der Waals surface area (Å²) in [5.74, 6) is 2.19. The fraction of sp³-hybridized carbons (Fsp3) is 0.227. The number of thiophene rings is 1. The Kier molecular flexibility index (Phi) is 5.24. The van der Waals surface area contributed by atoms with E-state index in [1.54, 1.807) is 25.6 Å². The number of methoxy groups -OCH3 is 2. The van der Waals surface area contributed by atoms with E-state index in [1.807, 2.05) is 30.3 Å². The molecule has 0 aliphatic carbocycles. The minimum absolute atomic E-state index is 0.0723. The van der Waals surface area contributed by atoms with E-state index in [-0.39, 0.29) is 6.04 Å². The van der Waals surface area contributed by atoms with E-state index in [0.29, 0.717) is 11.5 Å². The Hall–Kier alpha value is -2.03. The molecule has 1 aromatic heterocycles. The van der Waals surface area contributed by atoms with Crippen LogP contribution >= 0.6 is 43.2 Å². The van der Waals surface area contributed by atoms with E-state index in [0.717, 1.165) is 42.1 Å². The maximum atomic E-state index is 6.47. The number of rotatable bonds is 4. The van der Waals surface area contributed by atoms with Crippen LogP contribution in [0.3, 0.4) is 0 Å². The number of nitrogens with zero attached hydrogens (tertiary/aromatic N) is 2. The molecule has 0 saturated heterocycles. The molecule has 0 fully saturated rings. The van der Waals surface area contributed by atoms with Gasteiger partial charge in [0.2, 0.25) is 6.23 Å². The van der Waals surface area contributed by atoms with Crippen molar-refractivity contribution in [2.75, 3.05) is 14.2 Å². The summed E-state index contributed by atoms with van der Waals surface area (Å²) in [5, 5.41) is 7.06. The maximum absolute atomic E-state index is 6.47. The number of fused-ring (bicyclic) bond motifs is 3. The van der Waals surface area contributed by atoms with Gasteiger partial charge < -0.3 is 14.2 Å². The summed E-state index contributed by atoms with van der Waals surface area (Å²) >= 11 is 8.85. The molecular weight excluding hydrogens is 532 g/mol. The number of ether oxygens (including phenoxy) is 3. The van der Waals surface area contributed by atoms with Crippen molar-refractivity contribution < 1.29 is 14.2 Å². The second-order valence-corrected chi connectivity index (χ2v) is 10.4. The number of hydrogen-bond acceptors (Lipinski definition) is 6. The molecule has 2 aliphatic rings. The summed E-state index contributed by atoms with van der Waals surface area (Å²) < 4.78 is 19.8. The third-order valence-electron chi connectivity index (χ3n) is 5.31. The Morgan fingerprint density at radius 1 is 1.07 bits per heavy atom. The Morgan fingerprint density at radius 3 is 2.67 bits per heavy atom. The zero-order valence-electron chi connectivity index (χ0n) is 16.3. The molecular formula is C22H18Br2N2O3S. The van der Waals surface area contributed by atoms with Crippen LogP contribution in [0.5, 0.6) is 17.2 Å². The SMILES string of the molecule is COc1cccc([C@H]2Oc3ccc(Br)cc3[C@H]3CC(c4ccc(Br)s4)=NN32)c1OC. The molecule has 0 N–H and O–H groups in total. The predicted octanol–water partition coefficient (Wildman–Crippen LogP) is 6.53. The van der Waals surface area contributed by atoms with Crippen LogP contribution in [-0.4, -0.2) is 24.9 Å². The van der Waals surface area contributed by atoms with Gasteiger partial charge in [-0.05, 0) is 58.4 Å². The lowest BCUT2D eigenvalue weighted by Gasteiger charge is -2.38. The molecule has 30 heavy (non-hydrogen) atoms. The van der Waals surface area contributed by atoms with Crippen LogP contribution in [0.4, 0.5) is 0 Å². The lowest BCUT2D eigenvalue weighted by Crippen LogP contribution is -2.34. The lowest BCUT2D eigenvalue weighted by molar-refractivity contribution is -0.0205. The first kappa shape index (κ1) is 19.9. The van der Waals surface area contributed by atoms with Crippen LogP contribution < -0.4 is 14.2 Å². The van der Waals surface area contributed by atoms with Crippen molar-refractivity contribution in [3.05, 3.63) is 72.8 Å². The standard InChI is InChI=1S/C22H18Br2N2O3S/c1-27-18-5-3-4-13(21(18)28-2)22-26-16(14-10-12(23)6-7-17(14)29-22)11-15(25-26)19-8-9-20(24)30-19/h3-10,16,22H,11H2,1-2H3/t16-,22-/m1/s1. The Morgan fingerprint density at radius 2 is 1.93 bits per heavy atom. The highest BCUT2D eigenvalue weighted by Gasteiger charge is 2.42. The van der Waals surface area contributed by atoms with Gasteiger partial charge in [-0.15, -0.1) is 11.3 Å². The van der Waals surface area contributed by atoms with Crippen molar-refractivity contribution in [2.24, 2.45) is 5.10 Å². The van der Waals surface area contributed by atoms with Gasteiger partial charge in [0.1, 0.15) is 5.75 Å². The molecule has 0 saturated carbocycles. The van der Waals surface area contributed by atoms with Crippen LogP contribution in [-0.2, 0) is 0 Å². The molecule has 2 aromatic carbocycles. The van der Waals surface area contributed by atoms with E-state index in [2.05, 4.69) is 55.1 Å². The molecule has 2 aliphatic heterocycles. The smallest absolute Gasteiger partial charge is 0.217 e. The second-order valence-electron chi connectivity index (χ2n) is 6.99. The summed E-state index contributed by atoms with van der Waals surface area (Å²) in [7, 11) is 3.29. The fourth-order valence-electron chi connectivity index (χ4n) is 3.99. The quantitative estimate of drug-likeness (QED) is 0.371. The molecule has 5 nitrogen and oxygen atoms in total. The van der Waals surface area contributed by atoms with Crippen LogP contribution in [0, 0.1) is 0 Å². The van der Waals surface area contributed by atoms with Gasteiger partial charge >= 0.3 is 0 Å². The monoisotopic (exact) mass is 548 g/mol. The van der Waals surface area contributed by atoms with Gasteiger partial charge in [-0.25, -0.2) is 5.01 Å². The summed E-state index contributed by atoms with van der Waals surface area (Å²) in [6, 6.07) is 16.2. The van der Waals surface area contributed by atoms with Crippen LogP contribution in [0.15, 0.2) is 61.9 Å². The minimum atomic E-state index is -0.422. The lowest BCUT2D eigenvalue weighted by atomic mass is 9.97. The molecule has 0 amide bonds. The van der Waals surface area contributed by atoms with Crippen molar-refractivity contribution in [1.29, 1.82) is 0 Å². The first-order chi connectivity index (χ1) is 14.6. The van der Waals surface area contributed by atoms with Gasteiger partial charge in [-0.2, -0.15) is 5.10 Å². The van der Waals surface area contributed by atoms with Gasteiger partial charge in [-0.1, -0.05) is 22.0 Å². The predicted molar refractivity (Wildman–Crippen MR) is 125 cm³/mol. The average Bonchev–Trinajstić information content (AvgIpc) is 3.39. The zero-order valence-corrected chi connectivity index (χ0v) is 20.3. The Balaban J connectivity index is 1.64. The average molecular weight is 550 g/mol. The first-order valence-corrected chi connectivity index (χ1v) is 11.8. The van der Waals surface area contributed by atoms with Gasteiger partial charge in [0.05, 0.1) is 40.2 Å². The van der Waals surface area contributed by atoms with E-state index in [1.165, 1.54) is 0 Å². The largest absolute Gasteiger partial charge is 0.493 e. The number of hydrazone groups is 1. The van der Waals surface area contributed by atoms with Crippen molar-refractivity contribution in [2.45, 2.75) is 18.7 Å². The summed E-state index contributed by atoms with van der Waals surface area (Å²) in [6.07, 6.45) is 0.386. The minimum Gasteiger partial charge on any atom is -0.493 e. The molecule has 154 valence electrons. The fourth-order valence-corrected chi connectivity index (χ4v) is 5.75. The van der Waals surface area contributed by atoms with E-state index in [9.17, 15) is 0 Å². The highest BCUT2D eigenvalue weighted by Crippen LogP contribution is 2.50. The molecule has 3 heterocycles. The topological polar surface area (TPSA) is 43.3 Å². The normalized spacial score (nSPS) is 19.6. The third kappa shape index (κ3) is 3.31. The maximum Gasteiger partial charge on any atom is 0.217 e. The molecule has 0 unspecified atom stereocenters. The van der Waals surface area contributed by atoms with E-state index >= 15 is 0 Å². The molecule has 0 spiro atoms. The molecule has 0 radical (unpaired) electrons. The van der Waals surface area contributed by atoms with Gasteiger partial charge in [0, 0.05) is 16.5 Å². The van der Waals surface area contributed by atoms with Gasteiger partial charge in [0.25, 0.3) is 0 Å². The van der Waals surface area contributed by atoms with Crippen molar-refractivity contribution >= 4 is 48.9 Å². The molecule has 8 heteroatoms. The third-order valence-corrected chi connectivity index (χ3v) is 7.47. The molecule has 3 aromatic rings. The number of para-hydroxylation sites is 1. The molecule has 5 rings (SSSR count). The van der Waals surface area contributed by atoms with E-state index < -0.39 is 6.23 Å². The summed E-state index contributed by atoms with van der Waals surface area (Å²) in [5.41, 5.74) is 3.06. The van der Waals surface area contributed by atoms with Crippen molar-refractivity contribution in [3.8, 4) is 17.2 Å². The second kappa shape index (κ2) is 7.90. The summed E-state index contributed by atoms with van der Waals surface area (Å²) in [4.78, 5) is 1.16. The number of hydrogen-bond donors (Lipinski definition) is 0. The zero-order chi connectivity index (χ0) is 20.8. The molecule has 0 bridgehead atoms. The van der Waals surface area contributed by atoms with Gasteiger partial charge in [0.15, 0.2) is 11.5 Å². The van der Waals surface area contributed by atoms with Crippen molar-refractivity contribution in [3.63, 3.8) is 0 Å². The van der Waals surface area contributed by atoms with Gasteiger partial charge in [-0.3, -0.25) is 0 Å². The van der Waals surface area contributed by atoms with Crippen LogP contribution in [0.1, 0.15) is 34.7 Å². The first-order valence-electron chi connectivity index (χ1n) is 9.37. The molecule has 2 atom stereocenters. The number of halogens is 2. The number of benzene rings is 2. The highest BCUT2D eigenvalue weighted by atomic mass is 79.9. The summed E-state index contributed by atoms with van der Waals surface area (Å²) in [6.45, 7) is 0.